The Morgan fingerprint density at radius 3 is 2.95 bits per heavy atom. The molecule has 0 saturated heterocycles. The van der Waals surface area contributed by atoms with E-state index >= 15 is 0 Å². The second-order valence-corrected chi connectivity index (χ2v) is 4.00. The van der Waals surface area contributed by atoms with Crippen molar-refractivity contribution in [2.24, 2.45) is 0 Å². The topological polar surface area (TPSA) is 85.7 Å². The van der Waals surface area contributed by atoms with Crippen LogP contribution in [0.4, 0.5) is 0 Å². The molecule has 0 aliphatic rings. The Hall–Kier alpha value is -2.96. The number of H-pyrrole nitrogens is 1. The number of ether oxygens (including phenoxy) is 1. The standard InChI is InChI=1S/C13H11N5O2/c1-20-10-4-6-15-11(7-10)18-13(19)12(16-17-18)9-3-2-5-14-8-9/h2-8,17H,1H3. The van der Waals surface area contributed by atoms with Crippen LogP contribution in [-0.4, -0.2) is 32.1 Å². The van der Waals surface area contributed by atoms with Crippen molar-refractivity contribution < 1.29 is 4.74 Å². The van der Waals surface area contributed by atoms with Gasteiger partial charge in [-0.25, -0.2) is 10.2 Å². The molecule has 0 aliphatic carbocycles. The lowest BCUT2D eigenvalue weighted by atomic mass is 10.2. The zero-order valence-electron chi connectivity index (χ0n) is 10.6. The lowest BCUT2D eigenvalue weighted by molar-refractivity contribution is 0.413. The minimum absolute atomic E-state index is 0.293. The first-order chi connectivity index (χ1) is 9.79. The van der Waals surface area contributed by atoms with E-state index in [4.69, 9.17) is 4.74 Å². The number of nitrogens with one attached hydrogen (secondary N) is 1. The lowest BCUT2D eigenvalue weighted by Gasteiger charge is -2.02. The Morgan fingerprint density at radius 1 is 1.30 bits per heavy atom. The minimum Gasteiger partial charge on any atom is -0.497 e. The maximum atomic E-state index is 12.3. The first-order valence-corrected chi connectivity index (χ1v) is 5.88. The molecule has 7 nitrogen and oxygen atoms in total. The molecule has 0 spiro atoms. The van der Waals surface area contributed by atoms with E-state index in [2.05, 4.69) is 20.3 Å². The number of rotatable bonds is 3. The second kappa shape index (κ2) is 4.96. The monoisotopic (exact) mass is 269 g/mol. The van der Waals surface area contributed by atoms with Crippen molar-refractivity contribution in [3.8, 4) is 22.8 Å². The SMILES string of the molecule is COc1ccnc(-n2[nH]nc(-c3cccnc3)c2=O)c1. The number of nitrogens with zero attached hydrogens (tertiary/aromatic N) is 4. The maximum Gasteiger partial charge on any atom is 0.300 e. The Bertz CT molecular complexity index is 779. The summed E-state index contributed by atoms with van der Waals surface area (Å²) in [5.41, 5.74) is 0.650. The zero-order chi connectivity index (χ0) is 13.9. The summed E-state index contributed by atoms with van der Waals surface area (Å²) in [5.74, 6) is 1.02. The van der Waals surface area contributed by atoms with E-state index in [9.17, 15) is 4.79 Å². The third kappa shape index (κ3) is 2.05. The molecule has 20 heavy (non-hydrogen) atoms. The molecule has 3 aromatic heterocycles. The molecule has 0 fully saturated rings. The summed E-state index contributed by atoms with van der Waals surface area (Å²) in [6.45, 7) is 0. The Labute approximate surface area is 113 Å². The second-order valence-electron chi connectivity index (χ2n) is 4.00. The summed E-state index contributed by atoms with van der Waals surface area (Å²) in [6, 6.07) is 6.87. The molecule has 0 atom stereocenters. The number of hydrogen-bond donors (Lipinski definition) is 1. The van der Waals surface area contributed by atoms with Gasteiger partial charge in [0.2, 0.25) is 0 Å². The lowest BCUT2D eigenvalue weighted by Crippen LogP contribution is -2.16. The molecule has 0 saturated carbocycles. The van der Waals surface area contributed by atoms with E-state index in [-0.39, 0.29) is 5.56 Å². The van der Waals surface area contributed by atoms with Crippen LogP contribution in [0.1, 0.15) is 0 Å². The van der Waals surface area contributed by atoms with Gasteiger partial charge in [0.05, 0.1) is 7.11 Å². The van der Waals surface area contributed by atoms with E-state index < -0.39 is 0 Å². The fourth-order valence-corrected chi connectivity index (χ4v) is 1.79. The van der Waals surface area contributed by atoms with E-state index in [0.29, 0.717) is 22.8 Å². The highest BCUT2D eigenvalue weighted by Crippen LogP contribution is 2.14. The summed E-state index contributed by atoms with van der Waals surface area (Å²) in [4.78, 5) is 20.4. The van der Waals surface area contributed by atoms with Gasteiger partial charge in [0.1, 0.15) is 5.75 Å². The zero-order valence-corrected chi connectivity index (χ0v) is 10.6. The summed E-state index contributed by atoms with van der Waals surface area (Å²) >= 11 is 0. The largest absolute Gasteiger partial charge is 0.497 e. The maximum absolute atomic E-state index is 12.3. The third-order valence-corrected chi connectivity index (χ3v) is 2.78. The van der Waals surface area contributed by atoms with Crippen molar-refractivity contribution in [3.63, 3.8) is 0 Å². The molecule has 0 bridgehead atoms. The van der Waals surface area contributed by atoms with Gasteiger partial charge in [-0.2, -0.15) is 9.78 Å². The van der Waals surface area contributed by atoms with E-state index in [0.717, 1.165) is 0 Å². The van der Waals surface area contributed by atoms with Crippen molar-refractivity contribution in [1.82, 2.24) is 25.0 Å². The van der Waals surface area contributed by atoms with Gasteiger partial charge in [-0.15, -0.1) is 0 Å². The predicted octanol–water partition coefficient (Wildman–Crippen LogP) is 1.03. The number of hydrogen-bond acceptors (Lipinski definition) is 5. The molecule has 1 N–H and O–H groups in total. The molecule has 7 heteroatoms. The van der Waals surface area contributed by atoms with Crippen LogP contribution in [0.5, 0.6) is 5.75 Å². The highest BCUT2D eigenvalue weighted by Gasteiger charge is 2.12. The molecule has 0 amide bonds. The highest BCUT2D eigenvalue weighted by atomic mass is 16.5. The van der Waals surface area contributed by atoms with Crippen molar-refractivity contribution in [2.75, 3.05) is 7.11 Å². The van der Waals surface area contributed by atoms with Crippen LogP contribution in [0, 0.1) is 0 Å². The predicted molar refractivity (Wildman–Crippen MR) is 71.8 cm³/mol. The van der Waals surface area contributed by atoms with Gasteiger partial charge >= 0.3 is 5.56 Å². The first kappa shape index (κ1) is 12.1. The normalized spacial score (nSPS) is 10.4. The van der Waals surface area contributed by atoms with E-state index in [1.54, 1.807) is 50.0 Å². The molecule has 0 radical (unpaired) electrons. The van der Waals surface area contributed by atoms with Crippen LogP contribution >= 0.6 is 0 Å². The van der Waals surface area contributed by atoms with Crippen LogP contribution in [0.2, 0.25) is 0 Å². The third-order valence-electron chi connectivity index (χ3n) is 2.78. The van der Waals surface area contributed by atoms with Gasteiger partial charge in [-0.1, -0.05) is 0 Å². The van der Waals surface area contributed by atoms with Crippen LogP contribution in [-0.2, 0) is 0 Å². The van der Waals surface area contributed by atoms with Crippen molar-refractivity contribution in [1.29, 1.82) is 0 Å². The van der Waals surface area contributed by atoms with E-state index in [1.807, 2.05) is 0 Å². The van der Waals surface area contributed by atoms with Crippen LogP contribution in [0.25, 0.3) is 17.1 Å². The number of aromatic nitrogens is 5. The van der Waals surface area contributed by atoms with Gasteiger partial charge in [-0.05, 0) is 18.2 Å². The fourth-order valence-electron chi connectivity index (χ4n) is 1.79. The molecular formula is C13H11N5O2. The molecule has 3 heterocycles. The average molecular weight is 269 g/mol. The van der Waals surface area contributed by atoms with Crippen molar-refractivity contribution >= 4 is 0 Å². The average Bonchev–Trinajstić information content (AvgIpc) is 2.90. The summed E-state index contributed by atoms with van der Waals surface area (Å²) in [6.07, 6.45) is 4.78. The number of aromatic amines is 1. The molecule has 3 rings (SSSR count). The highest BCUT2D eigenvalue weighted by molar-refractivity contribution is 5.56. The van der Waals surface area contributed by atoms with Crippen LogP contribution in [0.15, 0.2) is 47.7 Å². The molecule has 0 unspecified atom stereocenters. The van der Waals surface area contributed by atoms with Gasteiger partial charge in [0, 0.05) is 30.2 Å². The van der Waals surface area contributed by atoms with Gasteiger partial charge in [0.25, 0.3) is 0 Å². The first-order valence-electron chi connectivity index (χ1n) is 5.88. The molecule has 100 valence electrons. The fraction of sp³-hybridized carbons (Fsp3) is 0.0769. The number of methoxy groups -OCH3 is 1. The Kier molecular flexibility index (Phi) is 3.00. The van der Waals surface area contributed by atoms with Crippen LogP contribution in [0.3, 0.4) is 0 Å². The summed E-state index contributed by atoms with van der Waals surface area (Å²) in [5, 5.41) is 6.67. The molecule has 3 aromatic rings. The Morgan fingerprint density at radius 2 is 2.20 bits per heavy atom. The van der Waals surface area contributed by atoms with Crippen LogP contribution < -0.4 is 10.3 Å². The number of pyridine rings is 2. The van der Waals surface area contributed by atoms with E-state index in [1.165, 1.54) is 4.68 Å². The molecule has 0 aromatic carbocycles. The summed E-state index contributed by atoms with van der Waals surface area (Å²) < 4.78 is 6.36. The quantitative estimate of drug-likeness (QED) is 0.767. The van der Waals surface area contributed by atoms with Gasteiger partial charge in [0.15, 0.2) is 11.5 Å². The molecule has 0 aliphatic heterocycles. The van der Waals surface area contributed by atoms with Crippen molar-refractivity contribution in [2.45, 2.75) is 0 Å². The van der Waals surface area contributed by atoms with Gasteiger partial charge in [-0.3, -0.25) is 9.78 Å². The smallest absolute Gasteiger partial charge is 0.300 e. The Balaban J connectivity index is 2.09. The summed E-state index contributed by atoms with van der Waals surface area (Å²) in [7, 11) is 1.55. The van der Waals surface area contributed by atoms with Crippen molar-refractivity contribution in [3.05, 3.63) is 53.2 Å². The molecular weight excluding hydrogens is 258 g/mol. The minimum atomic E-state index is -0.293. The van der Waals surface area contributed by atoms with Gasteiger partial charge < -0.3 is 4.74 Å².